The molecule has 0 aromatic heterocycles. The molecule has 0 heterocycles. The van der Waals surface area contributed by atoms with Crippen LogP contribution in [-0.4, -0.2) is 6.04 Å². The zero-order valence-corrected chi connectivity index (χ0v) is 4.49. The van der Waals surface area contributed by atoms with Gasteiger partial charge in [0.25, 0.3) is 0 Å². The molecule has 3 heteroatoms. The number of allylic oxidation sites excluding steroid dienone is 1. The predicted molar refractivity (Wildman–Crippen MR) is 31.3 cm³/mol. The molecule has 8 heavy (non-hydrogen) atoms. The van der Waals surface area contributed by atoms with E-state index < -0.39 is 0 Å². The van der Waals surface area contributed by atoms with Crippen LogP contribution in [0.2, 0.25) is 0 Å². The van der Waals surface area contributed by atoms with Crippen LogP contribution in [0.15, 0.2) is 17.3 Å². The highest BCUT2D eigenvalue weighted by Gasteiger charge is 2.03. The summed E-state index contributed by atoms with van der Waals surface area (Å²) in [4.78, 5) is 2.69. The van der Waals surface area contributed by atoms with E-state index in [9.17, 15) is 0 Å². The average Bonchev–Trinajstić information content (AvgIpc) is 2.19. The van der Waals surface area contributed by atoms with Crippen molar-refractivity contribution >= 4 is 0 Å². The van der Waals surface area contributed by atoms with Gasteiger partial charge in [-0.25, -0.2) is 0 Å². The Bertz CT molecular complexity index is 144. The van der Waals surface area contributed by atoms with Gasteiger partial charge in [-0.15, -0.1) is 0 Å². The third-order valence-electron chi connectivity index (χ3n) is 1.19. The fourth-order valence-electron chi connectivity index (χ4n) is 0.779. The summed E-state index contributed by atoms with van der Waals surface area (Å²) in [6, 6.07) is 0.139. The molecular weight excluding hydrogens is 102 g/mol. The summed E-state index contributed by atoms with van der Waals surface area (Å²) in [5.41, 5.74) is 7.95. The minimum absolute atomic E-state index is 0.139. The van der Waals surface area contributed by atoms with Crippen LogP contribution in [0.1, 0.15) is 12.8 Å². The van der Waals surface area contributed by atoms with Gasteiger partial charge >= 0.3 is 0 Å². The Balaban J connectivity index is 2.48. The van der Waals surface area contributed by atoms with Crippen molar-refractivity contribution in [1.82, 2.24) is 0 Å². The second-order valence-electron chi connectivity index (χ2n) is 1.78. The van der Waals surface area contributed by atoms with Crippen LogP contribution < -0.4 is 0 Å². The molecule has 0 aliphatic heterocycles. The lowest BCUT2D eigenvalue weighted by Crippen LogP contribution is -1.89. The summed E-state index contributed by atoms with van der Waals surface area (Å²) in [6.45, 7) is 0. The van der Waals surface area contributed by atoms with E-state index >= 15 is 0 Å². The lowest BCUT2D eigenvalue weighted by Gasteiger charge is -1.90. The molecule has 0 saturated carbocycles. The van der Waals surface area contributed by atoms with Crippen molar-refractivity contribution < 1.29 is 0 Å². The minimum Gasteiger partial charge on any atom is -0.0881 e. The third kappa shape index (κ3) is 1.01. The molecule has 1 atom stereocenters. The molecule has 1 aliphatic rings. The molecule has 1 rings (SSSR count). The predicted octanol–water partition coefficient (Wildman–Crippen LogP) is 2.02. The largest absolute Gasteiger partial charge is 0.0881 e. The number of hydrogen-bond donors (Lipinski definition) is 0. The van der Waals surface area contributed by atoms with E-state index in [1.807, 2.05) is 12.2 Å². The van der Waals surface area contributed by atoms with Crippen molar-refractivity contribution in [2.75, 3.05) is 0 Å². The third-order valence-corrected chi connectivity index (χ3v) is 1.19. The van der Waals surface area contributed by atoms with Gasteiger partial charge in [-0.2, -0.15) is 0 Å². The van der Waals surface area contributed by atoms with Crippen LogP contribution in [0.4, 0.5) is 0 Å². The highest BCUT2D eigenvalue weighted by molar-refractivity contribution is 5.00. The van der Waals surface area contributed by atoms with Gasteiger partial charge in [0.2, 0.25) is 0 Å². The second kappa shape index (κ2) is 2.38. The average molecular weight is 109 g/mol. The van der Waals surface area contributed by atoms with Gasteiger partial charge in [0.05, 0.1) is 6.04 Å². The van der Waals surface area contributed by atoms with Gasteiger partial charge in [-0.1, -0.05) is 17.3 Å². The lowest BCUT2D eigenvalue weighted by molar-refractivity contribution is 0.773. The molecule has 0 radical (unpaired) electrons. The summed E-state index contributed by atoms with van der Waals surface area (Å²) in [7, 11) is 0. The SMILES string of the molecule is [N-]=[N+]=NC1C=CCC1. The summed E-state index contributed by atoms with van der Waals surface area (Å²) in [5.74, 6) is 0. The van der Waals surface area contributed by atoms with Gasteiger partial charge in [0, 0.05) is 4.91 Å². The van der Waals surface area contributed by atoms with E-state index in [2.05, 4.69) is 10.0 Å². The van der Waals surface area contributed by atoms with Crippen molar-refractivity contribution in [2.24, 2.45) is 5.11 Å². The van der Waals surface area contributed by atoms with Crippen LogP contribution in [0, 0.1) is 0 Å². The first-order valence-corrected chi connectivity index (χ1v) is 2.64. The van der Waals surface area contributed by atoms with Crippen LogP contribution in [-0.2, 0) is 0 Å². The fourth-order valence-corrected chi connectivity index (χ4v) is 0.779. The Morgan fingerprint density at radius 1 is 1.75 bits per heavy atom. The summed E-state index contributed by atoms with van der Waals surface area (Å²) in [5, 5.41) is 3.52. The maximum atomic E-state index is 7.95. The molecule has 0 bridgehead atoms. The van der Waals surface area contributed by atoms with Gasteiger partial charge < -0.3 is 0 Å². The molecule has 0 spiro atoms. The van der Waals surface area contributed by atoms with Gasteiger partial charge in [0.1, 0.15) is 0 Å². The maximum absolute atomic E-state index is 7.95. The van der Waals surface area contributed by atoms with E-state index in [4.69, 9.17) is 5.53 Å². The highest BCUT2D eigenvalue weighted by Crippen LogP contribution is 2.11. The molecule has 0 aromatic rings. The fraction of sp³-hybridized carbons (Fsp3) is 0.600. The van der Waals surface area contributed by atoms with Crippen molar-refractivity contribution in [3.63, 3.8) is 0 Å². The first-order valence-electron chi connectivity index (χ1n) is 2.64. The summed E-state index contributed by atoms with van der Waals surface area (Å²) < 4.78 is 0. The standard InChI is InChI=1S/C5H7N3/c6-8-7-5-3-1-2-4-5/h1,3,5H,2,4H2. The molecule has 1 aliphatic carbocycles. The molecular formula is C5H7N3. The van der Waals surface area contributed by atoms with Crippen molar-refractivity contribution in [1.29, 1.82) is 0 Å². The van der Waals surface area contributed by atoms with Crippen molar-refractivity contribution in [2.45, 2.75) is 18.9 Å². The number of nitrogens with zero attached hydrogens (tertiary/aromatic N) is 3. The first kappa shape index (κ1) is 5.19. The van der Waals surface area contributed by atoms with E-state index in [1.165, 1.54) is 0 Å². The van der Waals surface area contributed by atoms with Crippen LogP contribution in [0.3, 0.4) is 0 Å². The van der Waals surface area contributed by atoms with Crippen molar-refractivity contribution in [3.05, 3.63) is 22.6 Å². The number of rotatable bonds is 1. The van der Waals surface area contributed by atoms with E-state index in [1.54, 1.807) is 0 Å². The van der Waals surface area contributed by atoms with E-state index in [0.717, 1.165) is 12.8 Å². The number of hydrogen-bond acceptors (Lipinski definition) is 1. The van der Waals surface area contributed by atoms with Gasteiger partial charge in [-0.05, 0) is 18.4 Å². The highest BCUT2D eigenvalue weighted by atomic mass is 15.1. The molecule has 0 fully saturated rings. The molecule has 0 amide bonds. The Kier molecular flexibility index (Phi) is 1.55. The Labute approximate surface area is 47.6 Å². The Morgan fingerprint density at radius 2 is 2.62 bits per heavy atom. The van der Waals surface area contributed by atoms with Crippen LogP contribution in [0.25, 0.3) is 10.4 Å². The quantitative estimate of drug-likeness (QED) is 0.214. The van der Waals surface area contributed by atoms with Gasteiger partial charge in [-0.3, -0.25) is 0 Å². The summed E-state index contributed by atoms with van der Waals surface area (Å²) in [6.07, 6.45) is 6.03. The lowest BCUT2D eigenvalue weighted by atomic mass is 10.3. The Hall–Kier alpha value is -0.950. The molecule has 0 aromatic carbocycles. The zero-order chi connectivity index (χ0) is 5.82. The van der Waals surface area contributed by atoms with E-state index in [-0.39, 0.29) is 6.04 Å². The molecule has 3 nitrogen and oxygen atoms in total. The Morgan fingerprint density at radius 3 is 3.12 bits per heavy atom. The maximum Gasteiger partial charge on any atom is 0.0558 e. The minimum atomic E-state index is 0.139. The molecule has 42 valence electrons. The first-order chi connectivity index (χ1) is 3.93. The van der Waals surface area contributed by atoms with Crippen LogP contribution >= 0.6 is 0 Å². The smallest absolute Gasteiger partial charge is 0.0558 e. The van der Waals surface area contributed by atoms with E-state index in [0.29, 0.717) is 0 Å². The molecule has 1 unspecified atom stereocenters. The zero-order valence-electron chi connectivity index (χ0n) is 4.49. The second-order valence-corrected chi connectivity index (χ2v) is 1.78. The molecule has 0 saturated heterocycles. The summed E-state index contributed by atoms with van der Waals surface area (Å²) >= 11 is 0. The number of azide groups is 1. The normalized spacial score (nSPS) is 25.2. The van der Waals surface area contributed by atoms with Crippen LogP contribution in [0.5, 0.6) is 0 Å². The van der Waals surface area contributed by atoms with Gasteiger partial charge in [0.15, 0.2) is 0 Å². The topological polar surface area (TPSA) is 48.8 Å². The monoisotopic (exact) mass is 109 g/mol. The van der Waals surface area contributed by atoms with Crippen molar-refractivity contribution in [3.8, 4) is 0 Å². The molecule has 0 N–H and O–H groups in total.